The number of halogens is 1. The van der Waals surface area contributed by atoms with Crippen LogP contribution in [0, 0.1) is 5.92 Å². The van der Waals surface area contributed by atoms with Gasteiger partial charge in [0.15, 0.2) is 0 Å². The van der Waals surface area contributed by atoms with Gasteiger partial charge in [0.1, 0.15) is 0 Å². The van der Waals surface area contributed by atoms with Gasteiger partial charge in [-0.25, -0.2) is 0 Å². The Morgan fingerprint density at radius 1 is 1.33 bits per heavy atom. The number of amides is 2. The molecule has 1 aliphatic carbocycles. The lowest BCUT2D eigenvalue weighted by atomic mass is 10.1. The van der Waals surface area contributed by atoms with Crippen molar-refractivity contribution in [3.05, 3.63) is 29.8 Å². The minimum Gasteiger partial charge on any atom is -0.340 e. The number of carbonyl (C=O) groups excluding carboxylic acids is 2. The molecule has 0 bridgehead atoms. The second kappa shape index (κ2) is 8.00. The van der Waals surface area contributed by atoms with Crippen molar-refractivity contribution in [3.8, 4) is 0 Å². The van der Waals surface area contributed by atoms with E-state index in [9.17, 15) is 9.59 Å². The molecule has 1 saturated carbocycles. The van der Waals surface area contributed by atoms with Crippen molar-refractivity contribution in [1.82, 2.24) is 10.2 Å². The van der Waals surface area contributed by atoms with E-state index in [1.54, 1.807) is 30.1 Å². The zero-order valence-electron chi connectivity index (χ0n) is 12.4. The molecule has 1 aromatic rings. The maximum absolute atomic E-state index is 12.2. The number of nitrogens with one attached hydrogen (secondary N) is 2. The van der Waals surface area contributed by atoms with E-state index in [4.69, 9.17) is 0 Å². The first-order valence-corrected chi connectivity index (χ1v) is 6.93. The molecular weight excluding hydrogens is 290 g/mol. The zero-order valence-corrected chi connectivity index (χ0v) is 13.2. The molecule has 6 heteroatoms. The first kappa shape index (κ1) is 17.5. The Balaban J connectivity index is 0.00000220. The van der Waals surface area contributed by atoms with Crippen molar-refractivity contribution in [1.29, 1.82) is 0 Å². The van der Waals surface area contributed by atoms with E-state index in [0.717, 1.165) is 19.4 Å². The largest absolute Gasteiger partial charge is 0.340 e. The van der Waals surface area contributed by atoms with Crippen molar-refractivity contribution in [2.75, 3.05) is 32.5 Å². The predicted octanol–water partition coefficient (Wildman–Crippen LogP) is 1.75. The highest BCUT2D eigenvalue weighted by molar-refractivity contribution is 5.98. The Bertz CT molecular complexity index is 503. The number of benzene rings is 1. The van der Waals surface area contributed by atoms with Crippen LogP contribution in [0.25, 0.3) is 0 Å². The number of nitrogens with zero attached hydrogens (tertiary/aromatic N) is 1. The summed E-state index contributed by atoms with van der Waals surface area (Å²) in [5.41, 5.74) is 1.28. The van der Waals surface area contributed by atoms with E-state index in [-0.39, 0.29) is 30.1 Å². The summed E-state index contributed by atoms with van der Waals surface area (Å²) in [6, 6.07) is 7.11. The summed E-state index contributed by atoms with van der Waals surface area (Å²) in [7, 11) is 3.63. The van der Waals surface area contributed by atoms with Crippen LogP contribution in [-0.4, -0.2) is 43.9 Å². The molecule has 0 unspecified atom stereocenters. The molecule has 0 aromatic heterocycles. The van der Waals surface area contributed by atoms with Crippen molar-refractivity contribution in [2.24, 2.45) is 5.92 Å². The Labute approximate surface area is 131 Å². The van der Waals surface area contributed by atoms with Gasteiger partial charge in [0.05, 0.1) is 0 Å². The highest BCUT2D eigenvalue weighted by Crippen LogP contribution is 2.30. The second-order valence-electron chi connectivity index (χ2n) is 5.17. The molecule has 5 nitrogen and oxygen atoms in total. The summed E-state index contributed by atoms with van der Waals surface area (Å²) in [5.74, 6) is 0.175. The Hall–Kier alpha value is -1.59. The molecule has 21 heavy (non-hydrogen) atoms. The van der Waals surface area contributed by atoms with Crippen LogP contribution in [0.3, 0.4) is 0 Å². The van der Waals surface area contributed by atoms with Gasteiger partial charge in [0, 0.05) is 37.3 Å². The molecule has 0 saturated heterocycles. The Morgan fingerprint density at radius 3 is 2.67 bits per heavy atom. The number of anilines is 1. The average molecular weight is 312 g/mol. The third-order valence-corrected chi connectivity index (χ3v) is 3.37. The molecule has 116 valence electrons. The molecule has 2 rings (SSSR count). The fraction of sp³-hybridized carbons (Fsp3) is 0.467. The third kappa shape index (κ3) is 5.02. The van der Waals surface area contributed by atoms with Crippen LogP contribution in [0.5, 0.6) is 0 Å². The van der Waals surface area contributed by atoms with E-state index in [1.165, 1.54) is 0 Å². The van der Waals surface area contributed by atoms with Gasteiger partial charge in [0.25, 0.3) is 5.91 Å². The first-order valence-electron chi connectivity index (χ1n) is 6.93. The van der Waals surface area contributed by atoms with Crippen molar-refractivity contribution >= 4 is 29.9 Å². The fourth-order valence-corrected chi connectivity index (χ4v) is 1.92. The van der Waals surface area contributed by atoms with Gasteiger partial charge in [-0.1, -0.05) is 6.07 Å². The SMILES string of the molecule is CNCCN(C)C(=O)c1cccc(NC(=O)C2CC2)c1.Cl. The predicted molar refractivity (Wildman–Crippen MR) is 85.9 cm³/mol. The number of rotatable bonds is 6. The minimum atomic E-state index is -0.0391. The lowest BCUT2D eigenvalue weighted by Gasteiger charge is -2.17. The summed E-state index contributed by atoms with van der Waals surface area (Å²) < 4.78 is 0. The average Bonchev–Trinajstić information content (AvgIpc) is 3.28. The van der Waals surface area contributed by atoms with E-state index in [2.05, 4.69) is 10.6 Å². The maximum Gasteiger partial charge on any atom is 0.253 e. The van der Waals surface area contributed by atoms with Gasteiger partial charge in [-0.3, -0.25) is 9.59 Å². The summed E-state index contributed by atoms with van der Waals surface area (Å²) in [4.78, 5) is 25.6. The van der Waals surface area contributed by atoms with Crippen LogP contribution in [0.15, 0.2) is 24.3 Å². The highest BCUT2D eigenvalue weighted by atomic mass is 35.5. The molecule has 2 N–H and O–H groups in total. The van der Waals surface area contributed by atoms with Crippen molar-refractivity contribution in [3.63, 3.8) is 0 Å². The molecule has 0 radical (unpaired) electrons. The highest BCUT2D eigenvalue weighted by Gasteiger charge is 2.29. The smallest absolute Gasteiger partial charge is 0.253 e. The molecule has 0 atom stereocenters. The van der Waals surface area contributed by atoms with Gasteiger partial charge in [-0.2, -0.15) is 0 Å². The van der Waals surface area contributed by atoms with Gasteiger partial charge in [0.2, 0.25) is 5.91 Å². The topological polar surface area (TPSA) is 61.4 Å². The van der Waals surface area contributed by atoms with Crippen LogP contribution in [0.4, 0.5) is 5.69 Å². The van der Waals surface area contributed by atoms with Gasteiger partial charge in [-0.15, -0.1) is 12.4 Å². The number of hydrogen-bond acceptors (Lipinski definition) is 3. The van der Waals surface area contributed by atoms with Gasteiger partial charge in [-0.05, 0) is 38.1 Å². The lowest BCUT2D eigenvalue weighted by Crippen LogP contribution is -2.32. The molecule has 0 heterocycles. The lowest BCUT2D eigenvalue weighted by molar-refractivity contribution is -0.117. The van der Waals surface area contributed by atoms with Crippen LogP contribution in [-0.2, 0) is 4.79 Å². The van der Waals surface area contributed by atoms with E-state index in [0.29, 0.717) is 17.8 Å². The quantitative estimate of drug-likeness (QED) is 0.841. The van der Waals surface area contributed by atoms with Crippen LogP contribution in [0.1, 0.15) is 23.2 Å². The van der Waals surface area contributed by atoms with Crippen LogP contribution in [0.2, 0.25) is 0 Å². The maximum atomic E-state index is 12.2. The Kier molecular flexibility index (Phi) is 6.65. The zero-order chi connectivity index (χ0) is 14.5. The van der Waals surface area contributed by atoms with Crippen LogP contribution >= 0.6 is 12.4 Å². The molecule has 0 spiro atoms. The first-order chi connectivity index (χ1) is 9.61. The number of likely N-dealkylation sites (N-methyl/N-ethyl adjacent to an activating group) is 2. The van der Waals surface area contributed by atoms with E-state index < -0.39 is 0 Å². The van der Waals surface area contributed by atoms with Gasteiger partial charge >= 0.3 is 0 Å². The fourth-order valence-electron chi connectivity index (χ4n) is 1.92. The molecule has 1 fully saturated rings. The summed E-state index contributed by atoms with van der Waals surface area (Å²) in [6.07, 6.45) is 1.94. The van der Waals surface area contributed by atoms with Gasteiger partial charge < -0.3 is 15.5 Å². The van der Waals surface area contributed by atoms with Crippen molar-refractivity contribution < 1.29 is 9.59 Å². The number of carbonyl (C=O) groups is 2. The summed E-state index contributed by atoms with van der Waals surface area (Å²) in [6.45, 7) is 1.40. The number of hydrogen-bond donors (Lipinski definition) is 2. The second-order valence-corrected chi connectivity index (χ2v) is 5.17. The third-order valence-electron chi connectivity index (χ3n) is 3.37. The van der Waals surface area contributed by atoms with E-state index in [1.807, 2.05) is 13.1 Å². The standard InChI is InChI=1S/C15H21N3O2.ClH/c1-16-8-9-18(2)15(20)12-4-3-5-13(10-12)17-14(19)11-6-7-11;/h3-5,10-11,16H,6-9H2,1-2H3,(H,17,19);1H. The molecule has 1 aliphatic rings. The van der Waals surface area contributed by atoms with Crippen LogP contribution < -0.4 is 10.6 Å². The minimum absolute atomic E-state index is 0. The van der Waals surface area contributed by atoms with E-state index >= 15 is 0 Å². The summed E-state index contributed by atoms with van der Waals surface area (Å²) in [5, 5.41) is 5.87. The summed E-state index contributed by atoms with van der Waals surface area (Å²) >= 11 is 0. The normalized spacial score (nSPS) is 13.2. The molecule has 0 aliphatic heterocycles. The molecule has 1 aromatic carbocycles. The monoisotopic (exact) mass is 311 g/mol. The van der Waals surface area contributed by atoms with Crippen molar-refractivity contribution in [2.45, 2.75) is 12.8 Å². The Morgan fingerprint density at radius 2 is 2.05 bits per heavy atom. The molecular formula is C15H22ClN3O2. The molecule has 2 amide bonds.